The predicted octanol–water partition coefficient (Wildman–Crippen LogP) is 2.80. The smallest absolute Gasteiger partial charge is 0.269 e. The molecule has 12 heteroatoms. The molecule has 0 aliphatic carbocycles. The highest BCUT2D eigenvalue weighted by Gasteiger charge is 2.17. The number of rotatable bonds is 10. The SMILES string of the molecule is COc1cc(-c2cc(C(=O)NCCn3ncc4c(=O)n(Cc5ccc(C)cc5)cnc43)[nH]n2)cc(OC)c1OC. The topological polar surface area (TPSA) is 138 Å². The van der Waals surface area contributed by atoms with Gasteiger partial charge in [-0.3, -0.25) is 19.3 Å². The first-order valence-electron chi connectivity index (χ1n) is 12.5. The van der Waals surface area contributed by atoms with Crippen molar-refractivity contribution in [3.8, 4) is 28.5 Å². The van der Waals surface area contributed by atoms with Crippen LogP contribution in [-0.4, -0.2) is 63.3 Å². The molecule has 0 atom stereocenters. The van der Waals surface area contributed by atoms with Gasteiger partial charge in [-0.2, -0.15) is 10.2 Å². The van der Waals surface area contributed by atoms with Gasteiger partial charge in [-0.25, -0.2) is 9.67 Å². The van der Waals surface area contributed by atoms with Gasteiger partial charge in [0.05, 0.1) is 46.3 Å². The fraction of sp³-hybridized carbons (Fsp3) is 0.250. The van der Waals surface area contributed by atoms with Gasteiger partial charge in [-0.15, -0.1) is 0 Å². The minimum Gasteiger partial charge on any atom is -0.493 e. The molecule has 3 aromatic heterocycles. The van der Waals surface area contributed by atoms with E-state index in [2.05, 4.69) is 25.6 Å². The van der Waals surface area contributed by atoms with Gasteiger partial charge >= 0.3 is 0 Å². The summed E-state index contributed by atoms with van der Waals surface area (Å²) in [6.07, 6.45) is 3.03. The van der Waals surface area contributed by atoms with Crippen molar-refractivity contribution in [2.45, 2.75) is 20.0 Å². The van der Waals surface area contributed by atoms with E-state index in [1.165, 1.54) is 33.9 Å². The molecule has 0 fully saturated rings. The summed E-state index contributed by atoms with van der Waals surface area (Å²) in [4.78, 5) is 30.2. The second-order valence-corrected chi connectivity index (χ2v) is 9.10. The van der Waals surface area contributed by atoms with Crippen LogP contribution in [0.15, 0.2) is 59.8 Å². The Kier molecular flexibility index (Phi) is 7.49. The van der Waals surface area contributed by atoms with Crippen molar-refractivity contribution in [2.24, 2.45) is 0 Å². The molecule has 0 radical (unpaired) electrons. The Bertz CT molecular complexity index is 1690. The standard InChI is InChI=1S/C28H29N7O5/c1-17-5-7-18(8-6-17)15-34-16-30-26-20(28(34)37)14-31-35(26)10-9-29-27(36)22-13-21(32-33-22)19-11-23(38-2)25(40-4)24(12-19)39-3/h5-8,11-14,16H,9-10,15H2,1-4H3,(H,29,36)(H,32,33). The Morgan fingerprint density at radius 2 is 1.75 bits per heavy atom. The van der Waals surface area contributed by atoms with E-state index in [1.54, 1.807) is 27.4 Å². The molecule has 0 spiro atoms. The van der Waals surface area contributed by atoms with Gasteiger partial charge in [0.2, 0.25) is 5.75 Å². The van der Waals surface area contributed by atoms with Crippen LogP contribution in [0.5, 0.6) is 17.2 Å². The van der Waals surface area contributed by atoms with Gasteiger partial charge in [0.1, 0.15) is 17.4 Å². The summed E-state index contributed by atoms with van der Waals surface area (Å²) in [5, 5.41) is 14.6. The van der Waals surface area contributed by atoms with E-state index in [-0.39, 0.29) is 23.7 Å². The Morgan fingerprint density at radius 1 is 1.02 bits per heavy atom. The van der Waals surface area contributed by atoms with E-state index >= 15 is 0 Å². The van der Waals surface area contributed by atoms with Crippen LogP contribution < -0.4 is 25.1 Å². The fourth-order valence-electron chi connectivity index (χ4n) is 4.35. The highest BCUT2D eigenvalue weighted by atomic mass is 16.5. The van der Waals surface area contributed by atoms with E-state index in [1.807, 2.05) is 31.2 Å². The van der Waals surface area contributed by atoms with Crippen molar-refractivity contribution in [2.75, 3.05) is 27.9 Å². The fourth-order valence-corrected chi connectivity index (χ4v) is 4.35. The van der Waals surface area contributed by atoms with Crippen molar-refractivity contribution in [3.63, 3.8) is 0 Å². The number of aromatic nitrogens is 6. The van der Waals surface area contributed by atoms with Crippen molar-refractivity contribution >= 4 is 16.9 Å². The minimum absolute atomic E-state index is 0.169. The maximum atomic E-state index is 13.0. The number of H-pyrrole nitrogens is 1. The number of ether oxygens (including phenoxy) is 3. The molecular weight excluding hydrogens is 514 g/mol. The third-order valence-electron chi connectivity index (χ3n) is 6.49. The molecule has 0 saturated carbocycles. The summed E-state index contributed by atoms with van der Waals surface area (Å²) in [7, 11) is 4.59. The van der Waals surface area contributed by atoms with Crippen LogP contribution >= 0.6 is 0 Å². The Labute approximate surface area is 229 Å². The van der Waals surface area contributed by atoms with Crippen LogP contribution in [0.3, 0.4) is 0 Å². The summed E-state index contributed by atoms with van der Waals surface area (Å²) in [5.74, 6) is 1.09. The number of hydrogen-bond acceptors (Lipinski definition) is 8. The zero-order chi connectivity index (χ0) is 28.2. The molecule has 2 N–H and O–H groups in total. The molecule has 0 saturated heterocycles. The van der Waals surface area contributed by atoms with Crippen LogP contribution in [0.2, 0.25) is 0 Å². The molecule has 3 heterocycles. The zero-order valence-corrected chi connectivity index (χ0v) is 22.6. The molecule has 206 valence electrons. The predicted molar refractivity (Wildman–Crippen MR) is 148 cm³/mol. The number of fused-ring (bicyclic) bond motifs is 1. The molecule has 5 aromatic rings. The normalized spacial score (nSPS) is 11.0. The summed E-state index contributed by atoms with van der Waals surface area (Å²) >= 11 is 0. The maximum absolute atomic E-state index is 13.0. The lowest BCUT2D eigenvalue weighted by Crippen LogP contribution is -2.28. The highest BCUT2D eigenvalue weighted by molar-refractivity contribution is 5.93. The summed E-state index contributed by atoms with van der Waals surface area (Å²) in [6.45, 7) is 3.04. The van der Waals surface area contributed by atoms with E-state index in [0.29, 0.717) is 52.6 Å². The average Bonchev–Trinajstić information content (AvgIpc) is 3.63. The first-order valence-corrected chi connectivity index (χ1v) is 12.5. The molecule has 1 amide bonds. The number of amides is 1. The molecule has 0 aliphatic heterocycles. The van der Waals surface area contributed by atoms with Crippen LogP contribution in [0.25, 0.3) is 22.3 Å². The number of methoxy groups -OCH3 is 3. The molecule has 2 aromatic carbocycles. The summed E-state index contributed by atoms with van der Waals surface area (Å²) < 4.78 is 19.3. The van der Waals surface area contributed by atoms with E-state index in [9.17, 15) is 9.59 Å². The number of hydrogen-bond donors (Lipinski definition) is 2. The quantitative estimate of drug-likeness (QED) is 0.274. The molecule has 40 heavy (non-hydrogen) atoms. The summed E-state index contributed by atoms with van der Waals surface area (Å²) in [6, 6.07) is 13.1. The van der Waals surface area contributed by atoms with Gasteiger partial charge in [-0.05, 0) is 30.7 Å². The van der Waals surface area contributed by atoms with Crippen LogP contribution in [0, 0.1) is 6.92 Å². The van der Waals surface area contributed by atoms with Crippen molar-refractivity contribution in [3.05, 3.63) is 82.2 Å². The largest absolute Gasteiger partial charge is 0.493 e. The number of carbonyl (C=O) groups excluding carboxylic acids is 1. The van der Waals surface area contributed by atoms with Crippen molar-refractivity contribution in [1.82, 2.24) is 34.8 Å². The van der Waals surface area contributed by atoms with E-state index in [0.717, 1.165) is 11.1 Å². The van der Waals surface area contributed by atoms with Crippen LogP contribution in [-0.2, 0) is 13.1 Å². The second-order valence-electron chi connectivity index (χ2n) is 9.10. The lowest BCUT2D eigenvalue weighted by atomic mass is 10.1. The number of carbonyl (C=O) groups is 1. The molecule has 0 unspecified atom stereocenters. The first kappa shape index (κ1) is 26.5. The number of nitrogens with zero attached hydrogens (tertiary/aromatic N) is 5. The Balaban J connectivity index is 1.24. The van der Waals surface area contributed by atoms with E-state index in [4.69, 9.17) is 14.2 Å². The highest BCUT2D eigenvalue weighted by Crippen LogP contribution is 2.40. The van der Waals surface area contributed by atoms with Crippen molar-refractivity contribution in [1.29, 1.82) is 0 Å². The van der Waals surface area contributed by atoms with Crippen molar-refractivity contribution < 1.29 is 19.0 Å². The number of aryl methyl sites for hydroxylation is 1. The molecule has 0 aliphatic rings. The molecule has 5 rings (SSSR count). The van der Waals surface area contributed by atoms with E-state index < -0.39 is 0 Å². The number of benzene rings is 2. The molecular formula is C28H29N7O5. The number of aromatic amines is 1. The van der Waals surface area contributed by atoms with Gasteiger partial charge in [0.15, 0.2) is 17.1 Å². The third-order valence-corrected chi connectivity index (χ3v) is 6.49. The zero-order valence-electron chi connectivity index (χ0n) is 22.6. The van der Waals surface area contributed by atoms with Crippen LogP contribution in [0.1, 0.15) is 21.6 Å². The summed E-state index contributed by atoms with van der Waals surface area (Å²) in [5.41, 5.74) is 3.97. The Morgan fingerprint density at radius 3 is 2.42 bits per heavy atom. The average molecular weight is 544 g/mol. The van der Waals surface area contributed by atoms with Crippen LogP contribution in [0.4, 0.5) is 0 Å². The molecule has 12 nitrogen and oxygen atoms in total. The lowest BCUT2D eigenvalue weighted by Gasteiger charge is -2.13. The molecule has 0 bridgehead atoms. The maximum Gasteiger partial charge on any atom is 0.269 e. The van der Waals surface area contributed by atoms with Gasteiger partial charge in [0, 0.05) is 12.1 Å². The Hall–Kier alpha value is -5.13. The number of nitrogens with one attached hydrogen (secondary N) is 2. The second kappa shape index (κ2) is 11.3. The first-order chi connectivity index (χ1) is 19.4. The van der Waals surface area contributed by atoms with Gasteiger partial charge < -0.3 is 19.5 Å². The van der Waals surface area contributed by atoms with Gasteiger partial charge in [0.25, 0.3) is 11.5 Å². The van der Waals surface area contributed by atoms with Gasteiger partial charge in [-0.1, -0.05) is 29.8 Å². The monoisotopic (exact) mass is 543 g/mol. The minimum atomic E-state index is -0.337. The third kappa shape index (κ3) is 5.23. The lowest BCUT2D eigenvalue weighted by molar-refractivity contribution is 0.0947.